The van der Waals surface area contributed by atoms with Crippen molar-refractivity contribution >= 4 is 37.5 Å². The second-order valence-corrected chi connectivity index (χ2v) is 9.52. The highest BCUT2D eigenvalue weighted by Gasteiger charge is 2.19. The van der Waals surface area contributed by atoms with Gasteiger partial charge in [0.25, 0.3) is 5.56 Å². The van der Waals surface area contributed by atoms with E-state index in [1.807, 2.05) is 48.5 Å². The fraction of sp³-hybridized carbons (Fsp3) is 0.250. The van der Waals surface area contributed by atoms with E-state index in [0.29, 0.717) is 12.4 Å². The first-order valence-corrected chi connectivity index (χ1v) is 11.8. The van der Waals surface area contributed by atoms with Gasteiger partial charge in [0, 0.05) is 10.4 Å². The maximum absolute atomic E-state index is 12.9. The van der Waals surface area contributed by atoms with Crippen molar-refractivity contribution in [3.63, 3.8) is 0 Å². The highest BCUT2D eigenvalue weighted by atomic mass is 79.9. The highest BCUT2D eigenvalue weighted by Crippen LogP contribution is 2.35. The van der Waals surface area contributed by atoms with E-state index in [-0.39, 0.29) is 5.56 Å². The zero-order valence-electron chi connectivity index (χ0n) is 16.4. The Kier molecular flexibility index (Phi) is 5.44. The van der Waals surface area contributed by atoms with E-state index in [1.165, 1.54) is 23.3 Å². The number of nitrogens with one attached hydrogen (secondary N) is 1. The number of fused-ring (bicyclic) bond motifs is 3. The zero-order valence-corrected chi connectivity index (χ0v) is 18.8. The summed E-state index contributed by atoms with van der Waals surface area (Å²) in [5.41, 5.74) is 3.16. The smallest absolute Gasteiger partial charge is 0.260 e. The zero-order chi connectivity index (χ0) is 20.5. The molecule has 0 saturated heterocycles. The third kappa shape index (κ3) is 3.82. The van der Waals surface area contributed by atoms with E-state index in [9.17, 15) is 4.79 Å². The first-order chi connectivity index (χ1) is 14.7. The number of aryl methyl sites for hydroxylation is 2. The number of aromatic nitrogens is 2. The Morgan fingerprint density at radius 1 is 1.07 bits per heavy atom. The summed E-state index contributed by atoms with van der Waals surface area (Å²) >= 11 is 5.28. The van der Waals surface area contributed by atoms with Crippen LogP contribution in [0.2, 0.25) is 0 Å². The molecule has 6 heteroatoms. The summed E-state index contributed by atoms with van der Waals surface area (Å²) in [6.45, 7) is 0.501. The molecule has 0 radical (unpaired) electrons. The molecule has 2 aromatic heterocycles. The molecule has 0 fully saturated rings. The number of hydrogen-bond acceptors (Lipinski definition) is 4. The molecule has 5 rings (SSSR count). The van der Waals surface area contributed by atoms with Crippen LogP contribution in [0.15, 0.2) is 57.8 Å². The van der Waals surface area contributed by atoms with E-state index < -0.39 is 0 Å². The second-order valence-electron chi connectivity index (χ2n) is 7.58. The monoisotopic (exact) mass is 480 g/mol. The molecule has 0 spiro atoms. The molecular formula is C24H21BrN2O2S. The molecule has 0 aliphatic heterocycles. The number of ether oxygens (including phenoxy) is 1. The molecule has 0 unspecified atom stereocenters. The van der Waals surface area contributed by atoms with Gasteiger partial charge >= 0.3 is 0 Å². The lowest BCUT2D eigenvalue weighted by molar-refractivity contribution is 0.304. The van der Waals surface area contributed by atoms with Crippen LogP contribution in [0.5, 0.6) is 5.75 Å². The first-order valence-electron chi connectivity index (χ1n) is 10.2. The van der Waals surface area contributed by atoms with E-state index in [1.54, 1.807) is 11.3 Å². The summed E-state index contributed by atoms with van der Waals surface area (Å²) in [7, 11) is 0. The molecule has 1 aliphatic carbocycles. The molecule has 2 aromatic carbocycles. The topological polar surface area (TPSA) is 55.0 Å². The number of aromatic amines is 1. The Morgan fingerprint density at radius 3 is 2.73 bits per heavy atom. The molecule has 0 atom stereocenters. The summed E-state index contributed by atoms with van der Waals surface area (Å²) in [6, 6.07) is 15.9. The minimum atomic E-state index is -0.0325. The average Bonchev–Trinajstić information content (AvgIpc) is 2.95. The molecular weight excluding hydrogens is 460 g/mol. The normalized spacial score (nSPS) is 13.8. The van der Waals surface area contributed by atoms with Crippen LogP contribution in [0.25, 0.3) is 21.6 Å². The van der Waals surface area contributed by atoms with Gasteiger partial charge in [0.2, 0.25) is 0 Å². The first kappa shape index (κ1) is 19.5. The van der Waals surface area contributed by atoms with Crippen molar-refractivity contribution in [1.82, 2.24) is 9.97 Å². The van der Waals surface area contributed by atoms with Crippen LogP contribution in [-0.4, -0.2) is 9.97 Å². The van der Waals surface area contributed by atoms with Crippen LogP contribution in [-0.2, 0) is 19.4 Å². The summed E-state index contributed by atoms with van der Waals surface area (Å²) in [6.07, 6.45) is 5.63. The van der Waals surface area contributed by atoms with Gasteiger partial charge in [0.1, 0.15) is 23.0 Å². The van der Waals surface area contributed by atoms with E-state index in [0.717, 1.165) is 50.8 Å². The lowest BCUT2D eigenvalue weighted by Crippen LogP contribution is -2.10. The van der Waals surface area contributed by atoms with Crippen LogP contribution in [0.3, 0.4) is 0 Å². The van der Waals surface area contributed by atoms with Crippen LogP contribution >= 0.6 is 27.3 Å². The molecule has 1 N–H and O–H groups in total. The molecule has 0 bridgehead atoms. The van der Waals surface area contributed by atoms with Crippen molar-refractivity contribution < 1.29 is 4.74 Å². The van der Waals surface area contributed by atoms with E-state index in [4.69, 9.17) is 9.72 Å². The van der Waals surface area contributed by atoms with Crippen molar-refractivity contribution in [2.75, 3.05) is 0 Å². The average molecular weight is 481 g/mol. The lowest BCUT2D eigenvalue weighted by atomic mass is 10.1. The van der Waals surface area contributed by atoms with Gasteiger partial charge in [-0.05, 0) is 70.9 Å². The number of rotatable bonds is 4. The van der Waals surface area contributed by atoms with Gasteiger partial charge in [0.15, 0.2) is 0 Å². The van der Waals surface area contributed by atoms with Gasteiger partial charge in [-0.25, -0.2) is 4.98 Å². The molecule has 152 valence electrons. The Labute approximate surface area is 187 Å². The standard InChI is InChI=1S/C24H21BrN2O2S/c25-18-13-16(11-12-19(18)29-14-15-7-3-1-4-8-15)22-26-23(28)21-17-9-5-2-6-10-20(17)30-24(21)27-22/h1,3-4,7-8,11-13H,2,5-6,9-10,14H2,(H,26,27,28). The third-order valence-corrected chi connectivity index (χ3v) is 7.32. The van der Waals surface area contributed by atoms with Gasteiger partial charge in [0.05, 0.1) is 9.86 Å². The molecule has 30 heavy (non-hydrogen) atoms. The van der Waals surface area contributed by atoms with E-state index >= 15 is 0 Å². The number of benzene rings is 2. The lowest BCUT2D eigenvalue weighted by Gasteiger charge is -2.10. The predicted octanol–water partition coefficient (Wildman–Crippen LogP) is 6.26. The fourth-order valence-electron chi connectivity index (χ4n) is 3.98. The fourth-order valence-corrected chi connectivity index (χ4v) is 5.73. The van der Waals surface area contributed by atoms with Crippen LogP contribution in [0, 0.1) is 0 Å². The number of hydrogen-bond donors (Lipinski definition) is 1. The number of nitrogens with zero attached hydrogens (tertiary/aromatic N) is 1. The maximum atomic E-state index is 12.9. The van der Waals surface area contributed by atoms with Crippen LogP contribution in [0.1, 0.15) is 35.3 Å². The molecule has 0 amide bonds. The third-order valence-electron chi connectivity index (χ3n) is 5.52. The van der Waals surface area contributed by atoms with Gasteiger partial charge in [-0.15, -0.1) is 11.3 Å². The molecule has 1 aliphatic rings. The molecule has 4 nitrogen and oxygen atoms in total. The molecule has 2 heterocycles. The highest BCUT2D eigenvalue weighted by molar-refractivity contribution is 9.10. The number of thiophene rings is 1. The largest absolute Gasteiger partial charge is 0.488 e. The summed E-state index contributed by atoms with van der Waals surface area (Å²) in [4.78, 5) is 22.9. The second kappa shape index (κ2) is 8.36. The minimum Gasteiger partial charge on any atom is -0.488 e. The summed E-state index contributed by atoms with van der Waals surface area (Å²) in [5, 5.41) is 0.794. The van der Waals surface area contributed by atoms with Crippen molar-refractivity contribution in [3.05, 3.63) is 79.4 Å². The Hall–Kier alpha value is -2.44. The summed E-state index contributed by atoms with van der Waals surface area (Å²) < 4.78 is 6.77. The van der Waals surface area contributed by atoms with Crippen molar-refractivity contribution in [1.29, 1.82) is 0 Å². The van der Waals surface area contributed by atoms with Crippen LogP contribution < -0.4 is 10.3 Å². The van der Waals surface area contributed by atoms with E-state index in [2.05, 4.69) is 20.9 Å². The SMILES string of the molecule is O=c1[nH]c(-c2ccc(OCc3ccccc3)c(Br)c2)nc2sc3c(c12)CCCCC3. The van der Waals surface area contributed by atoms with Crippen molar-refractivity contribution in [2.45, 2.75) is 38.7 Å². The van der Waals surface area contributed by atoms with Gasteiger partial charge < -0.3 is 9.72 Å². The Balaban J connectivity index is 1.45. The van der Waals surface area contributed by atoms with Gasteiger partial charge in [-0.1, -0.05) is 36.8 Å². The molecule has 4 aromatic rings. The van der Waals surface area contributed by atoms with Crippen molar-refractivity contribution in [3.8, 4) is 17.1 Å². The minimum absolute atomic E-state index is 0.0325. The van der Waals surface area contributed by atoms with Gasteiger partial charge in [-0.3, -0.25) is 4.79 Å². The van der Waals surface area contributed by atoms with Crippen LogP contribution in [0.4, 0.5) is 0 Å². The molecule has 0 saturated carbocycles. The number of H-pyrrole nitrogens is 1. The number of halogens is 1. The maximum Gasteiger partial charge on any atom is 0.260 e. The Bertz CT molecular complexity index is 1260. The quantitative estimate of drug-likeness (QED) is 0.350. The summed E-state index contributed by atoms with van der Waals surface area (Å²) in [5.74, 6) is 1.35. The van der Waals surface area contributed by atoms with Crippen molar-refractivity contribution in [2.24, 2.45) is 0 Å². The predicted molar refractivity (Wildman–Crippen MR) is 125 cm³/mol. The Morgan fingerprint density at radius 2 is 1.90 bits per heavy atom. The van der Waals surface area contributed by atoms with Gasteiger partial charge in [-0.2, -0.15) is 0 Å².